The SMILES string of the molecule is COc1ccc(Cc2nc(C3CN(C(=O)OC(C)(C)C)CCO3)n(C3CCN(C)CC3)n2)cc1. The van der Waals surface area contributed by atoms with E-state index >= 15 is 0 Å². The summed E-state index contributed by atoms with van der Waals surface area (Å²) in [5, 5.41) is 4.94. The number of hydrogen-bond acceptors (Lipinski definition) is 7. The number of benzene rings is 1. The van der Waals surface area contributed by atoms with E-state index in [0.717, 1.165) is 48.9 Å². The monoisotopic (exact) mass is 471 g/mol. The van der Waals surface area contributed by atoms with Gasteiger partial charge in [0, 0.05) is 13.0 Å². The van der Waals surface area contributed by atoms with Crippen LogP contribution < -0.4 is 4.74 Å². The van der Waals surface area contributed by atoms with E-state index in [9.17, 15) is 4.79 Å². The predicted molar refractivity (Wildman–Crippen MR) is 128 cm³/mol. The molecular weight excluding hydrogens is 434 g/mol. The van der Waals surface area contributed by atoms with Crippen LogP contribution in [0.3, 0.4) is 0 Å². The topological polar surface area (TPSA) is 81.9 Å². The number of ether oxygens (including phenoxy) is 3. The van der Waals surface area contributed by atoms with E-state index < -0.39 is 5.60 Å². The van der Waals surface area contributed by atoms with Gasteiger partial charge in [-0.15, -0.1) is 0 Å². The number of carbonyl (C=O) groups is 1. The van der Waals surface area contributed by atoms with E-state index in [-0.39, 0.29) is 18.2 Å². The molecule has 34 heavy (non-hydrogen) atoms. The molecule has 1 amide bonds. The molecule has 0 bridgehead atoms. The van der Waals surface area contributed by atoms with E-state index in [4.69, 9.17) is 24.3 Å². The fourth-order valence-electron chi connectivity index (χ4n) is 4.41. The molecule has 0 N–H and O–H groups in total. The molecule has 0 saturated carbocycles. The van der Waals surface area contributed by atoms with Crippen molar-refractivity contribution in [2.24, 2.45) is 0 Å². The third kappa shape index (κ3) is 6.07. The Labute approximate surface area is 202 Å². The molecule has 2 fully saturated rings. The number of piperidine rings is 1. The molecule has 9 nitrogen and oxygen atoms in total. The molecular formula is C25H37N5O4. The third-order valence-corrected chi connectivity index (χ3v) is 6.26. The van der Waals surface area contributed by atoms with Gasteiger partial charge in [0.05, 0.1) is 26.3 Å². The van der Waals surface area contributed by atoms with Crippen LogP contribution >= 0.6 is 0 Å². The predicted octanol–water partition coefficient (Wildman–Crippen LogP) is 3.45. The van der Waals surface area contributed by atoms with Gasteiger partial charge in [0.15, 0.2) is 11.6 Å². The van der Waals surface area contributed by atoms with Crippen molar-refractivity contribution in [2.45, 2.75) is 57.8 Å². The fraction of sp³-hybridized carbons (Fsp3) is 0.640. The van der Waals surface area contributed by atoms with Crippen LogP contribution in [-0.2, 0) is 15.9 Å². The number of methoxy groups -OCH3 is 1. The zero-order valence-corrected chi connectivity index (χ0v) is 21.0. The molecule has 2 aromatic rings. The standard InChI is InChI=1S/C25H37N5O4/c1-25(2,3)34-24(31)29-14-15-33-21(17-29)23-26-22(16-18-6-8-20(32-5)9-7-18)27-30(23)19-10-12-28(4)13-11-19/h6-9,19,21H,10-17H2,1-5H3. The minimum Gasteiger partial charge on any atom is -0.497 e. The van der Waals surface area contributed by atoms with E-state index in [0.29, 0.717) is 26.1 Å². The van der Waals surface area contributed by atoms with Crippen LogP contribution in [0.1, 0.15) is 63.0 Å². The van der Waals surface area contributed by atoms with Gasteiger partial charge in [0.25, 0.3) is 0 Å². The Morgan fingerprint density at radius 1 is 1.15 bits per heavy atom. The highest BCUT2D eigenvalue weighted by Crippen LogP contribution is 2.29. The van der Waals surface area contributed by atoms with Crippen molar-refractivity contribution in [1.82, 2.24) is 24.6 Å². The van der Waals surface area contributed by atoms with Gasteiger partial charge in [-0.1, -0.05) is 12.1 Å². The van der Waals surface area contributed by atoms with Crippen molar-refractivity contribution in [2.75, 3.05) is 46.9 Å². The number of amides is 1. The first-order valence-electron chi connectivity index (χ1n) is 12.1. The third-order valence-electron chi connectivity index (χ3n) is 6.26. The summed E-state index contributed by atoms with van der Waals surface area (Å²) in [6.45, 7) is 9.04. The molecule has 3 heterocycles. The Hall–Kier alpha value is -2.65. The maximum atomic E-state index is 12.7. The van der Waals surface area contributed by atoms with Crippen molar-refractivity contribution in [3.05, 3.63) is 41.5 Å². The molecule has 0 spiro atoms. The molecule has 1 unspecified atom stereocenters. The number of hydrogen-bond donors (Lipinski definition) is 0. The minimum atomic E-state index is -0.537. The highest BCUT2D eigenvalue weighted by molar-refractivity contribution is 5.68. The second-order valence-electron chi connectivity index (χ2n) is 10.2. The first-order valence-corrected chi connectivity index (χ1v) is 12.1. The molecule has 1 aromatic carbocycles. The zero-order chi connectivity index (χ0) is 24.3. The Balaban J connectivity index is 1.57. The summed E-state index contributed by atoms with van der Waals surface area (Å²) < 4.78 is 19.1. The van der Waals surface area contributed by atoms with Crippen LogP contribution in [0.2, 0.25) is 0 Å². The van der Waals surface area contributed by atoms with E-state index in [1.165, 1.54) is 0 Å². The first-order chi connectivity index (χ1) is 16.2. The summed E-state index contributed by atoms with van der Waals surface area (Å²) in [7, 11) is 3.81. The van der Waals surface area contributed by atoms with Crippen LogP contribution in [0.4, 0.5) is 4.79 Å². The van der Waals surface area contributed by atoms with Gasteiger partial charge in [-0.2, -0.15) is 5.10 Å². The quantitative estimate of drug-likeness (QED) is 0.661. The first kappa shape index (κ1) is 24.5. The minimum absolute atomic E-state index is 0.267. The van der Waals surface area contributed by atoms with Gasteiger partial charge in [-0.25, -0.2) is 14.5 Å². The Morgan fingerprint density at radius 2 is 1.85 bits per heavy atom. The number of nitrogens with zero attached hydrogens (tertiary/aromatic N) is 5. The summed E-state index contributed by atoms with van der Waals surface area (Å²) in [5.41, 5.74) is 0.581. The van der Waals surface area contributed by atoms with Crippen LogP contribution in [0.25, 0.3) is 0 Å². The van der Waals surface area contributed by atoms with E-state index in [2.05, 4.69) is 16.6 Å². The molecule has 1 atom stereocenters. The lowest BCUT2D eigenvalue weighted by Crippen LogP contribution is -2.45. The van der Waals surface area contributed by atoms with Crippen molar-refractivity contribution < 1.29 is 19.0 Å². The summed E-state index contributed by atoms with van der Waals surface area (Å²) in [6, 6.07) is 8.25. The second-order valence-corrected chi connectivity index (χ2v) is 10.2. The number of morpholine rings is 1. The lowest BCUT2D eigenvalue weighted by Gasteiger charge is -2.35. The molecule has 2 aliphatic heterocycles. The van der Waals surface area contributed by atoms with E-state index in [1.54, 1.807) is 12.0 Å². The maximum absolute atomic E-state index is 12.7. The summed E-state index contributed by atoms with van der Waals surface area (Å²) in [6.07, 6.45) is 2.00. The molecule has 186 valence electrons. The van der Waals surface area contributed by atoms with Gasteiger partial charge in [0.1, 0.15) is 17.5 Å². The van der Waals surface area contributed by atoms with Crippen LogP contribution in [0.15, 0.2) is 24.3 Å². The highest BCUT2D eigenvalue weighted by atomic mass is 16.6. The molecule has 9 heteroatoms. The summed E-state index contributed by atoms with van der Waals surface area (Å²) >= 11 is 0. The molecule has 0 aliphatic carbocycles. The molecule has 0 radical (unpaired) electrons. The van der Waals surface area contributed by atoms with Gasteiger partial charge in [-0.05, 0) is 71.4 Å². The Bertz CT molecular complexity index is 961. The smallest absolute Gasteiger partial charge is 0.410 e. The van der Waals surface area contributed by atoms with Gasteiger partial charge < -0.3 is 24.0 Å². The normalized spacial score (nSPS) is 20.4. The molecule has 2 aliphatic rings. The van der Waals surface area contributed by atoms with Crippen LogP contribution in [-0.4, -0.2) is 83.2 Å². The van der Waals surface area contributed by atoms with E-state index in [1.807, 2.05) is 45.0 Å². The lowest BCUT2D eigenvalue weighted by molar-refractivity contribution is -0.0485. The molecule has 4 rings (SSSR count). The highest BCUT2D eigenvalue weighted by Gasteiger charge is 2.34. The van der Waals surface area contributed by atoms with Crippen LogP contribution in [0.5, 0.6) is 5.75 Å². The maximum Gasteiger partial charge on any atom is 0.410 e. The Kier molecular flexibility index (Phi) is 7.42. The van der Waals surface area contributed by atoms with Crippen LogP contribution in [0, 0.1) is 0 Å². The average molecular weight is 472 g/mol. The number of aromatic nitrogens is 3. The van der Waals surface area contributed by atoms with Gasteiger partial charge >= 0.3 is 6.09 Å². The lowest BCUT2D eigenvalue weighted by atomic mass is 10.1. The number of carbonyl (C=O) groups excluding carboxylic acids is 1. The second kappa shape index (κ2) is 10.3. The van der Waals surface area contributed by atoms with Gasteiger partial charge in [-0.3, -0.25) is 0 Å². The number of rotatable bonds is 5. The zero-order valence-electron chi connectivity index (χ0n) is 21.0. The molecule has 1 aromatic heterocycles. The van der Waals surface area contributed by atoms with Crippen molar-refractivity contribution in [3.8, 4) is 5.75 Å². The Morgan fingerprint density at radius 3 is 2.50 bits per heavy atom. The fourth-order valence-corrected chi connectivity index (χ4v) is 4.41. The van der Waals surface area contributed by atoms with Crippen molar-refractivity contribution in [3.63, 3.8) is 0 Å². The van der Waals surface area contributed by atoms with Crippen molar-refractivity contribution >= 4 is 6.09 Å². The largest absolute Gasteiger partial charge is 0.497 e. The summed E-state index contributed by atoms with van der Waals surface area (Å²) in [5.74, 6) is 2.38. The number of likely N-dealkylation sites (tertiary alicyclic amines) is 1. The van der Waals surface area contributed by atoms with Crippen molar-refractivity contribution in [1.29, 1.82) is 0 Å². The molecule has 2 saturated heterocycles. The van der Waals surface area contributed by atoms with Gasteiger partial charge in [0.2, 0.25) is 0 Å². The average Bonchev–Trinajstić information content (AvgIpc) is 3.23. The summed E-state index contributed by atoms with van der Waals surface area (Å²) in [4.78, 5) is 21.7.